The van der Waals surface area contributed by atoms with Crippen molar-refractivity contribution in [3.05, 3.63) is 41.4 Å². The molecule has 0 aliphatic rings. The van der Waals surface area contributed by atoms with Crippen molar-refractivity contribution >= 4 is 17.5 Å². The Morgan fingerprint density at radius 2 is 2.29 bits per heavy atom. The fourth-order valence-electron chi connectivity index (χ4n) is 1.77. The Hall–Kier alpha value is -1.52. The molecule has 0 aliphatic carbocycles. The predicted molar refractivity (Wildman–Crippen MR) is 86.7 cm³/mol. The van der Waals surface area contributed by atoms with Gasteiger partial charge in [-0.2, -0.15) is 0 Å². The molecule has 5 heteroatoms. The minimum Gasteiger partial charge on any atom is -0.479 e. The zero-order valence-electron chi connectivity index (χ0n) is 12.6. The van der Waals surface area contributed by atoms with E-state index < -0.39 is 6.10 Å². The molecule has 116 valence electrons. The van der Waals surface area contributed by atoms with E-state index in [0.717, 1.165) is 18.4 Å². The third-order valence-corrected chi connectivity index (χ3v) is 3.41. The molecule has 1 aromatic carbocycles. The molecule has 2 unspecified atom stereocenters. The maximum atomic E-state index is 11.7. The standard InChI is InChI=1S/C16H23ClN2O2/c1-4-8-19-16(20)11(3)21-15-7-6-12(10-14(15)17)9-13(18)5-2/h4,6-7,10-11,13H,1,5,8-9,18H2,2-3H3,(H,19,20). The van der Waals surface area contributed by atoms with Gasteiger partial charge >= 0.3 is 0 Å². The molecule has 21 heavy (non-hydrogen) atoms. The molecule has 1 amide bonds. The number of hydrogen-bond donors (Lipinski definition) is 2. The van der Waals surface area contributed by atoms with Gasteiger partial charge in [0.2, 0.25) is 0 Å². The number of nitrogens with one attached hydrogen (secondary N) is 1. The fraction of sp³-hybridized carbons (Fsp3) is 0.438. The van der Waals surface area contributed by atoms with Gasteiger partial charge in [-0.15, -0.1) is 6.58 Å². The van der Waals surface area contributed by atoms with Crippen LogP contribution in [0, 0.1) is 0 Å². The zero-order valence-corrected chi connectivity index (χ0v) is 13.3. The number of amides is 1. The normalized spacial score (nSPS) is 13.3. The minimum absolute atomic E-state index is 0.122. The van der Waals surface area contributed by atoms with Crippen LogP contribution in [0.3, 0.4) is 0 Å². The lowest BCUT2D eigenvalue weighted by Crippen LogP contribution is -2.36. The van der Waals surface area contributed by atoms with Gasteiger partial charge in [-0.05, 0) is 37.5 Å². The number of rotatable bonds is 8. The molecule has 0 aromatic heterocycles. The Labute approximate surface area is 131 Å². The van der Waals surface area contributed by atoms with Gasteiger partial charge in [-0.25, -0.2) is 0 Å². The van der Waals surface area contributed by atoms with Crippen molar-refractivity contribution in [3.8, 4) is 5.75 Å². The van der Waals surface area contributed by atoms with Crippen LogP contribution in [0.1, 0.15) is 25.8 Å². The molecule has 4 nitrogen and oxygen atoms in total. The molecule has 0 heterocycles. The summed E-state index contributed by atoms with van der Waals surface area (Å²) in [5.41, 5.74) is 6.99. The van der Waals surface area contributed by atoms with Crippen molar-refractivity contribution in [2.45, 2.75) is 38.8 Å². The molecule has 1 rings (SSSR count). The SMILES string of the molecule is C=CCNC(=O)C(C)Oc1ccc(CC(N)CC)cc1Cl. The molecule has 0 radical (unpaired) electrons. The Morgan fingerprint density at radius 3 is 2.86 bits per heavy atom. The lowest BCUT2D eigenvalue weighted by Gasteiger charge is -2.16. The van der Waals surface area contributed by atoms with Crippen molar-refractivity contribution in [3.63, 3.8) is 0 Å². The summed E-state index contributed by atoms with van der Waals surface area (Å²) in [7, 11) is 0. The first kappa shape index (κ1) is 17.5. The molecule has 0 bridgehead atoms. The first-order valence-corrected chi connectivity index (χ1v) is 7.45. The maximum absolute atomic E-state index is 11.7. The Kier molecular flexibility index (Phi) is 7.26. The van der Waals surface area contributed by atoms with Gasteiger partial charge in [0.15, 0.2) is 6.10 Å². The summed E-state index contributed by atoms with van der Waals surface area (Å²) in [6.07, 6.45) is 2.68. The van der Waals surface area contributed by atoms with Gasteiger partial charge in [-0.3, -0.25) is 4.79 Å². The molecular weight excluding hydrogens is 288 g/mol. The summed E-state index contributed by atoms with van der Waals surface area (Å²) in [4.78, 5) is 11.7. The van der Waals surface area contributed by atoms with E-state index in [4.69, 9.17) is 22.1 Å². The van der Waals surface area contributed by atoms with Gasteiger partial charge < -0.3 is 15.8 Å². The second-order valence-corrected chi connectivity index (χ2v) is 5.34. The van der Waals surface area contributed by atoms with E-state index in [0.29, 0.717) is 17.3 Å². The molecular formula is C16H23ClN2O2. The van der Waals surface area contributed by atoms with E-state index in [1.54, 1.807) is 19.1 Å². The monoisotopic (exact) mass is 310 g/mol. The summed E-state index contributed by atoms with van der Waals surface area (Å²) in [5, 5.41) is 3.16. The Morgan fingerprint density at radius 1 is 1.57 bits per heavy atom. The van der Waals surface area contributed by atoms with Gasteiger partial charge in [0, 0.05) is 12.6 Å². The largest absolute Gasteiger partial charge is 0.479 e. The molecule has 0 spiro atoms. The zero-order chi connectivity index (χ0) is 15.8. The van der Waals surface area contributed by atoms with Gasteiger partial charge in [0.1, 0.15) is 5.75 Å². The van der Waals surface area contributed by atoms with Crippen LogP contribution >= 0.6 is 11.6 Å². The van der Waals surface area contributed by atoms with E-state index in [-0.39, 0.29) is 11.9 Å². The quantitative estimate of drug-likeness (QED) is 0.726. The number of carbonyl (C=O) groups is 1. The molecule has 3 N–H and O–H groups in total. The van der Waals surface area contributed by atoms with E-state index in [1.165, 1.54) is 0 Å². The van der Waals surface area contributed by atoms with E-state index in [2.05, 4.69) is 11.9 Å². The molecule has 0 aliphatic heterocycles. The fourth-order valence-corrected chi connectivity index (χ4v) is 2.02. The highest BCUT2D eigenvalue weighted by atomic mass is 35.5. The number of nitrogens with two attached hydrogens (primary N) is 1. The van der Waals surface area contributed by atoms with Gasteiger partial charge in [0.25, 0.3) is 5.91 Å². The third-order valence-electron chi connectivity index (χ3n) is 3.11. The summed E-state index contributed by atoms with van der Waals surface area (Å²) >= 11 is 6.20. The van der Waals surface area contributed by atoms with Crippen LogP contribution in [0.2, 0.25) is 5.02 Å². The van der Waals surface area contributed by atoms with Crippen LogP contribution in [-0.2, 0) is 11.2 Å². The molecule has 1 aromatic rings. The van der Waals surface area contributed by atoms with Crippen molar-refractivity contribution in [1.82, 2.24) is 5.32 Å². The number of carbonyl (C=O) groups excluding carboxylic acids is 1. The van der Waals surface area contributed by atoms with Crippen LogP contribution in [0.25, 0.3) is 0 Å². The van der Waals surface area contributed by atoms with Gasteiger partial charge in [0.05, 0.1) is 5.02 Å². The topological polar surface area (TPSA) is 64.3 Å². The third kappa shape index (κ3) is 5.78. The molecule has 0 saturated heterocycles. The molecule has 2 atom stereocenters. The number of halogens is 1. The Bertz CT molecular complexity index is 491. The highest BCUT2D eigenvalue weighted by Gasteiger charge is 2.15. The highest BCUT2D eigenvalue weighted by molar-refractivity contribution is 6.32. The van der Waals surface area contributed by atoms with Crippen LogP contribution in [0.15, 0.2) is 30.9 Å². The predicted octanol–water partition coefficient (Wildman–Crippen LogP) is 2.69. The first-order chi connectivity index (χ1) is 9.97. The Balaban J connectivity index is 2.67. The van der Waals surface area contributed by atoms with E-state index in [1.807, 2.05) is 19.1 Å². The lowest BCUT2D eigenvalue weighted by atomic mass is 10.0. The van der Waals surface area contributed by atoms with Crippen molar-refractivity contribution in [1.29, 1.82) is 0 Å². The van der Waals surface area contributed by atoms with Gasteiger partial charge in [-0.1, -0.05) is 30.7 Å². The highest BCUT2D eigenvalue weighted by Crippen LogP contribution is 2.27. The number of benzene rings is 1. The second-order valence-electron chi connectivity index (χ2n) is 4.93. The molecule has 0 saturated carbocycles. The second kappa shape index (κ2) is 8.70. The van der Waals surface area contributed by atoms with E-state index >= 15 is 0 Å². The number of hydrogen-bond acceptors (Lipinski definition) is 3. The summed E-state index contributed by atoms with van der Waals surface area (Å²) in [5.74, 6) is 0.287. The summed E-state index contributed by atoms with van der Waals surface area (Å²) < 4.78 is 5.58. The van der Waals surface area contributed by atoms with Crippen molar-refractivity contribution < 1.29 is 9.53 Å². The lowest BCUT2D eigenvalue weighted by molar-refractivity contribution is -0.127. The average molecular weight is 311 g/mol. The van der Waals surface area contributed by atoms with Crippen LogP contribution in [-0.4, -0.2) is 24.6 Å². The maximum Gasteiger partial charge on any atom is 0.261 e. The number of ether oxygens (including phenoxy) is 1. The van der Waals surface area contributed by atoms with Crippen LogP contribution < -0.4 is 15.8 Å². The van der Waals surface area contributed by atoms with Crippen molar-refractivity contribution in [2.75, 3.05) is 6.54 Å². The minimum atomic E-state index is -0.619. The summed E-state index contributed by atoms with van der Waals surface area (Å²) in [6, 6.07) is 5.65. The summed E-state index contributed by atoms with van der Waals surface area (Å²) in [6.45, 7) is 7.68. The van der Waals surface area contributed by atoms with E-state index in [9.17, 15) is 4.79 Å². The molecule has 0 fully saturated rings. The first-order valence-electron chi connectivity index (χ1n) is 7.07. The smallest absolute Gasteiger partial charge is 0.261 e. The van der Waals surface area contributed by atoms with Crippen molar-refractivity contribution in [2.24, 2.45) is 5.73 Å². The van der Waals surface area contributed by atoms with Crippen LogP contribution in [0.4, 0.5) is 0 Å². The van der Waals surface area contributed by atoms with Crippen LogP contribution in [0.5, 0.6) is 5.75 Å². The average Bonchev–Trinajstić information content (AvgIpc) is 2.47.